The molecule has 0 radical (unpaired) electrons. The fourth-order valence-electron chi connectivity index (χ4n) is 3.55. The van der Waals surface area contributed by atoms with Crippen molar-refractivity contribution in [1.82, 2.24) is 4.90 Å². The summed E-state index contributed by atoms with van der Waals surface area (Å²) in [5.74, 6) is -0.420. The second-order valence-corrected chi connectivity index (χ2v) is 8.85. The number of fused-ring (bicyclic) bond motifs is 1. The minimum absolute atomic E-state index is 0.103. The molecule has 1 aliphatic heterocycles. The normalized spacial score (nSPS) is 13.7. The quantitative estimate of drug-likeness (QED) is 0.607. The van der Waals surface area contributed by atoms with Gasteiger partial charge in [-0.25, -0.2) is 13.2 Å². The van der Waals surface area contributed by atoms with Crippen LogP contribution in [0.1, 0.15) is 48.2 Å². The zero-order valence-corrected chi connectivity index (χ0v) is 18.4. The fraction of sp³-hybridized carbons (Fsp3) is 0.409. The predicted octanol–water partition coefficient (Wildman–Crippen LogP) is 3.79. The van der Waals surface area contributed by atoms with Crippen LogP contribution in [0.4, 0.5) is 5.69 Å². The molecule has 2 aromatic rings. The highest BCUT2D eigenvalue weighted by atomic mass is 32.2. The Hall–Kier alpha value is -2.58. The highest BCUT2D eigenvalue weighted by Crippen LogP contribution is 2.33. The van der Waals surface area contributed by atoms with Gasteiger partial charge in [0.2, 0.25) is 0 Å². The summed E-state index contributed by atoms with van der Waals surface area (Å²) in [6.45, 7) is 6.55. The number of anilines is 1. The minimum Gasteiger partial charge on any atom is -0.495 e. The van der Waals surface area contributed by atoms with Gasteiger partial charge in [0.25, 0.3) is 10.0 Å². The number of rotatable bonds is 9. The van der Waals surface area contributed by atoms with Gasteiger partial charge in [-0.1, -0.05) is 25.5 Å². The van der Waals surface area contributed by atoms with E-state index in [1.165, 1.54) is 25.3 Å². The molecular weight excluding hydrogens is 404 g/mol. The van der Waals surface area contributed by atoms with E-state index in [9.17, 15) is 13.2 Å². The fourth-order valence-corrected chi connectivity index (χ4v) is 4.84. The largest absolute Gasteiger partial charge is 0.495 e. The average molecular weight is 433 g/mol. The monoisotopic (exact) mass is 432 g/mol. The lowest BCUT2D eigenvalue weighted by atomic mass is 10.1. The Morgan fingerprint density at radius 3 is 2.67 bits per heavy atom. The molecule has 0 amide bonds. The molecule has 0 atom stereocenters. The third-order valence-corrected chi connectivity index (χ3v) is 6.47. The van der Waals surface area contributed by atoms with Gasteiger partial charge >= 0.3 is 5.97 Å². The SMILES string of the molecule is CCCCN1Cc2cccc(NS(=O)(=O)c3cc(C(=O)OCC)ccc3OC)c2C1. The summed E-state index contributed by atoms with van der Waals surface area (Å²) < 4.78 is 39.3. The molecule has 1 N–H and O–H groups in total. The predicted molar refractivity (Wildman–Crippen MR) is 115 cm³/mol. The minimum atomic E-state index is -3.98. The van der Waals surface area contributed by atoms with Crippen molar-refractivity contribution in [1.29, 1.82) is 0 Å². The Bertz CT molecular complexity index is 1020. The van der Waals surface area contributed by atoms with Crippen LogP contribution in [0.2, 0.25) is 0 Å². The van der Waals surface area contributed by atoms with Crippen molar-refractivity contribution in [2.24, 2.45) is 0 Å². The third-order valence-electron chi connectivity index (χ3n) is 5.09. The smallest absolute Gasteiger partial charge is 0.338 e. The molecule has 1 aliphatic rings. The second kappa shape index (κ2) is 9.49. The number of carbonyl (C=O) groups excluding carboxylic acids is 1. The van der Waals surface area contributed by atoms with Gasteiger partial charge in [-0.2, -0.15) is 0 Å². The Balaban J connectivity index is 1.91. The van der Waals surface area contributed by atoms with Crippen LogP contribution in [0.5, 0.6) is 5.75 Å². The van der Waals surface area contributed by atoms with E-state index >= 15 is 0 Å². The number of hydrogen-bond donors (Lipinski definition) is 1. The van der Waals surface area contributed by atoms with Gasteiger partial charge in [0, 0.05) is 13.1 Å². The summed E-state index contributed by atoms with van der Waals surface area (Å²) in [7, 11) is -2.59. The number of esters is 1. The first-order valence-corrected chi connectivity index (χ1v) is 11.6. The van der Waals surface area contributed by atoms with Gasteiger partial charge in [0.1, 0.15) is 10.6 Å². The number of hydrogen-bond acceptors (Lipinski definition) is 6. The summed E-state index contributed by atoms with van der Waals surface area (Å²) in [6, 6.07) is 9.88. The highest BCUT2D eigenvalue weighted by molar-refractivity contribution is 7.92. The standard InChI is InChI=1S/C22H28N2O5S/c1-4-6-12-24-14-17-8-7-9-19(18(17)15-24)23-30(26,27)21-13-16(22(25)29-5-2)10-11-20(21)28-3/h7-11,13,23H,4-6,12,14-15H2,1-3H3. The van der Waals surface area contributed by atoms with Crippen LogP contribution in [-0.2, 0) is 27.8 Å². The molecule has 7 nitrogen and oxygen atoms in total. The lowest BCUT2D eigenvalue weighted by Gasteiger charge is -2.16. The number of nitrogens with one attached hydrogen (secondary N) is 1. The van der Waals surface area contributed by atoms with E-state index in [2.05, 4.69) is 16.5 Å². The topological polar surface area (TPSA) is 84.9 Å². The van der Waals surface area contributed by atoms with E-state index in [-0.39, 0.29) is 22.8 Å². The highest BCUT2D eigenvalue weighted by Gasteiger charge is 2.26. The number of benzene rings is 2. The summed E-state index contributed by atoms with van der Waals surface area (Å²) in [5.41, 5.74) is 2.81. The van der Waals surface area contributed by atoms with Crippen molar-refractivity contribution in [3.8, 4) is 5.75 Å². The van der Waals surface area contributed by atoms with Crippen molar-refractivity contribution < 1.29 is 22.7 Å². The maximum Gasteiger partial charge on any atom is 0.338 e. The van der Waals surface area contributed by atoms with Crippen LogP contribution in [0.15, 0.2) is 41.3 Å². The Morgan fingerprint density at radius 1 is 1.17 bits per heavy atom. The van der Waals surface area contributed by atoms with Crippen LogP contribution in [-0.4, -0.2) is 39.5 Å². The average Bonchev–Trinajstić information content (AvgIpc) is 3.16. The zero-order chi connectivity index (χ0) is 21.7. The molecule has 0 saturated carbocycles. The molecule has 0 fully saturated rings. The van der Waals surface area contributed by atoms with Gasteiger partial charge in [0.05, 0.1) is 25.0 Å². The van der Waals surface area contributed by atoms with Crippen LogP contribution < -0.4 is 9.46 Å². The summed E-state index contributed by atoms with van der Waals surface area (Å²) in [5, 5.41) is 0. The Morgan fingerprint density at radius 2 is 1.97 bits per heavy atom. The molecule has 0 aliphatic carbocycles. The molecule has 0 aromatic heterocycles. The van der Waals surface area contributed by atoms with Crippen LogP contribution in [0.25, 0.3) is 0 Å². The van der Waals surface area contributed by atoms with Crippen molar-refractivity contribution in [2.45, 2.75) is 44.7 Å². The molecule has 1 heterocycles. The van der Waals surface area contributed by atoms with E-state index in [1.807, 2.05) is 12.1 Å². The molecule has 0 spiro atoms. The molecular formula is C22H28N2O5S. The summed E-state index contributed by atoms with van der Waals surface area (Å²) in [4.78, 5) is 14.3. The first kappa shape index (κ1) is 22.1. The number of methoxy groups -OCH3 is 1. The lowest BCUT2D eigenvalue weighted by molar-refractivity contribution is 0.0526. The molecule has 162 valence electrons. The number of nitrogens with zero attached hydrogens (tertiary/aromatic N) is 1. The van der Waals surface area contributed by atoms with Crippen LogP contribution in [0, 0.1) is 0 Å². The maximum atomic E-state index is 13.2. The van der Waals surface area contributed by atoms with Crippen molar-refractivity contribution in [3.05, 3.63) is 53.1 Å². The van der Waals surface area contributed by atoms with Crippen molar-refractivity contribution in [3.63, 3.8) is 0 Å². The van der Waals surface area contributed by atoms with E-state index in [1.54, 1.807) is 13.0 Å². The third kappa shape index (κ3) is 4.76. The number of unbranched alkanes of at least 4 members (excludes halogenated alkanes) is 1. The molecule has 3 rings (SSSR count). The van der Waals surface area contributed by atoms with E-state index < -0.39 is 16.0 Å². The van der Waals surface area contributed by atoms with E-state index in [0.29, 0.717) is 12.2 Å². The summed E-state index contributed by atoms with van der Waals surface area (Å²) >= 11 is 0. The number of sulfonamides is 1. The van der Waals surface area contributed by atoms with Crippen molar-refractivity contribution in [2.75, 3.05) is 25.0 Å². The zero-order valence-electron chi connectivity index (χ0n) is 17.6. The molecule has 0 saturated heterocycles. The Kier molecular flexibility index (Phi) is 6.99. The van der Waals surface area contributed by atoms with Crippen molar-refractivity contribution >= 4 is 21.7 Å². The summed E-state index contributed by atoms with van der Waals surface area (Å²) in [6.07, 6.45) is 2.22. The maximum absolute atomic E-state index is 13.2. The Labute approximate surface area is 178 Å². The first-order valence-electron chi connectivity index (χ1n) is 10.1. The van der Waals surface area contributed by atoms with E-state index in [0.717, 1.165) is 37.1 Å². The van der Waals surface area contributed by atoms with Gasteiger partial charge in [-0.15, -0.1) is 0 Å². The molecule has 30 heavy (non-hydrogen) atoms. The second-order valence-electron chi connectivity index (χ2n) is 7.20. The van der Waals surface area contributed by atoms with Crippen LogP contribution >= 0.6 is 0 Å². The lowest BCUT2D eigenvalue weighted by Crippen LogP contribution is -2.18. The van der Waals surface area contributed by atoms with Gasteiger partial charge in [-0.05, 0) is 55.3 Å². The molecule has 0 unspecified atom stereocenters. The number of ether oxygens (including phenoxy) is 2. The van der Waals surface area contributed by atoms with Gasteiger partial charge in [0.15, 0.2) is 0 Å². The molecule has 8 heteroatoms. The van der Waals surface area contributed by atoms with E-state index in [4.69, 9.17) is 9.47 Å². The molecule has 0 bridgehead atoms. The van der Waals surface area contributed by atoms with Gasteiger partial charge in [-0.3, -0.25) is 9.62 Å². The number of carbonyl (C=O) groups is 1. The van der Waals surface area contributed by atoms with Crippen LogP contribution in [0.3, 0.4) is 0 Å². The van der Waals surface area contributed by atoms with Gasteiger partial charge < -0.3 is 9.47 Å². The molecule has 2 aromatic carbocycles. The first-order chi connectivity index (χ1) is 14.4.